The molecule has 0 bridgehead atoms. The van der Waals surface area contributed by atoms with Crippen LogP contribution in [0.3, 0.4) is 0 Å². The summed E-state index contributed by atoms with van der Waals surface area (Å²) in [6.45, 7) is 7.16. The summed E-state index contributed by atoms with van der Waals surface area (Å²) in [5, 5.41) is 9.81. The van der Waals surface area contributed by atoms with Crippen LogP contribution in [0.25, 0.3) is 0 Å². The molecule has 38 heavy (non-hydrogen) atoms. The molecule has 2 rings (SSSR count). The van der Waals surface area contributed by atoms with Gasteiger partial charge in [0.15, 0.2) is 23.0 Å². The Kier molecular flexibility index (Phi) is 20.2. The van der Waals surface area contributed by atoms with Gasteiger partial charge in [0.1, 0.15) is 5.78 Å². The molecule has 0 heterocycles. The zero-order valence-electron chi connectivity index (χ0n) is 24.7. The van der Waals surface area contributed by atoms with Crippen molar-refractivity contribution in [3.8, 4) is 34.5 Å². The SMILES string of the molecule is C=CCC(=O)Cc1ccc(OC)c(OC)c1OC.C=CCC(O)Cc1ccc(OC)c(OC)c1OC.[B].[H-].[Na+]. The molecule has 0 aliphatic rings. The number of aliphatic hydroxyl groups is 1. The molecule has 0 amide bonds. The normalized spacial score (nSPS) is 10.2. The molecule has 8 nitrogen and oxygen atoms in total. The monoisotopic (exact) mass is 537 g/mol. The zero-order chi connectivity index (χ0) is 27.1. The Morgan fingerprint density at radius 2 is 1.24 bits per heavy atom. The van der Waals surface area contributed by atoms with E-state index in [0.29, 0.717) is 53.8 Å². The van der Waals surface area contributed by atoms with E-state index < -0.39 is 6.10 Å². The van der Waals surface area contributed by atoms with Crippen molar-refractivity contribution in [2.75, 3.05) is 42.7 Å². The first-order valence-electron chi connectivity index (χ1n) is 11.3. The summed E-state index contributed by atoms with van der Waals surface area (Å²) in [6, 6.07) is 7.24. The van der Waals surface area contributed by atoms with Crippen molar-refractivity contribution < 1.29 is 69.3 Å². The third-order valence-corrected chi connectivity index (χ3v) is 5.23. The molecule has 0 aromatic heterocycles. The Balaban J connectivity index is -0.000000617. The number of methoxy groups -OCH3 is 6. The van der Waals surface area contributed by atoms with Crippen molar-refractivity contribution in [2.45, 2.75) is 31.8 Å². The van der Waals surface area contributed by atoms with Gasteiger partial charge < -0.3 is 35.0 Å². The van der Waals surface area contributed by atoms with Crippen molar-refractivity contribution in [1.82, 2.24) is 0 Å². The van der Waals surface area contributed by atoms with Crippen LogP contribution in [0.5, 0.6) is 34.5 Å². The summed E-state index contributed by atoms with van der Waals surface area (Å²) in [4.78, 5) is 11.6. The summed E-state index contributed by atoms with van der Waals surface area (Å²) >= 11 is 0. The largest absolute Gasteiger partial charge is 1.00 e. The van der Waals surface area contributed by atoms with E-state index in [1.54, 1.807) is 65.9 Å². The number of hydrogen-bond acceptors (Lipinski definition) is 8. The molecule has 0 spiro atoms. The molecule has 2 aromatic rings. The summed E-state index contributed by atoms with van der Waals surface area (Å²) in [7, 11) is 9.34. The fourth-order valence-corrected chi connectivity index (χ4v) is 3.60. The van der Waals surface area contributed by atoms with Crippen LogP contribution in [0.1, 0.15) is 25.4 Å². The van der Waals surface area contributed by atoms with Crippen LogP contribution in [0.2, 0.25) is 0 Å². The third-order valence-electron chi connectivity index (χ3n) is 5.23. The van der Waals surface area contributed by atoms with E-state index in [9.17, 15) is 9.90 Å². The van der Waals surface area contributed by atoms with Crippen LogP contribution in [-0.4, -0.2) is 68.1 Å². The zero-order valence-corrected chi connectivity index (χ0v) is 25.7. The van der Waals surface area contributed by atoms with Gasteiger partial charge in [-0.2, -0.15) is 0 Å². The van der Waals surface area contributed by atoms with Gasteiger partial charge in [0.05, 0.1) is 48.8 Å². The quantitative estimate of drug-likeness (QED) is 0.285. The summed E-state index contributed by atoms with van der Waals surface area (Å²) in [6.07, 6.45) is 4.46. The molecule has 0 fully saturated rings. The van der Waals surface area contributed by atoms with Gasteiger partial charge in [0.25, 0.3) is 0 Å². The molecule has 1 atom stereocenters. The summed E-state index contributed by atoms with van der Waals surface area (Å²) in [5.74, 6) is 3.45. The van der Waals surface area contributed by atoms with Gasteiger partial charge in [-0.05, 0) is 18.6 Å². The molecule has 0 aliphatic carbocycles. The van der Waals surface area contributed by atoms with E-state index in [1.807, 2.05) is 6.07 Å². The predicted octanol–water partition coefficient (Wildman–Crippen LogP) is 1.33. The molecular weight excluding hydrogens is 498 g/mol. The number of aliphatic hydroxyl groups excluding tert-OH is 1. The number of ether oxygens (including phenoxy) is 6. The molecule has 0 saturated carbocycles. The second-order valence-electron chi connectivity index (χ2n) is 7.58. The van der Waals surface area contributed by atoms with E-state index in [-0.39, 0.29) is 51.6 Å². The first-order valence-corrected chi connectivity index (χ1v) is 11.3. The predicted molar refractivity (Wildman–Crippen MR) is 147 cm³/mol. The smallest absolute Gasteiger partial charge is 1.00 e. The summed E-state index contributed by atoms with van der Waals surface area (Å²) < 4.78 is 31.6. The fraction of sp³-hybridized carbons (Fsp3) is 0.393. The van der Waals surface area contributed by atoms with Crippen molar-refractivity contribution >= 4 is 14.2 Å². The molecule has 1 unspecified atom stereocenters. The van der Waals surface area contributed by atoms with Crippen LogP contribution in [0.15, 0.2) is 49.6 Å². The van der Waals surface area contributed by atoms with Gasteiger partial charge in [-0.15, -0.1) is 13.2 Å². The van der Waals surface area contributed by atoms with Crippen LogP contribution >= 0.6 is 0 Å². The molecule has 3 radical (unpaired) electrons. The molecule has 0 aliphatic heterocycles. The Labute approximate surface area is 252 Å². The van der Waals surface area contributed by atoms with Crippen molar-refractivity contribution in [3.63, 3.8) is 0 Å². The average Bonchev–Trinajstić information content (AvgIpc) is 2.88. The van der Waals surface area contributed by atoms with E-state index in [4.69, 9.17) is 28.4 Å². The number of allylic oxidation sites excluding steroid dienone is 1. The van der Waals surface area contributed by atoms with Crippen LogP contribution in [0, 0.1) is 0 Å². The molecule has 1 N–H and O–H groups in total. The average molecular weight is 537 g/mol. The maximum absolute atomic E-state index is 11.6. The minimum absolute atomic E-state index is 0. The van der Waals surface area contributed by atoms with Crippen molar-refractivity contribution in [3.05, 3.63) is 60.7 Å². The minimum Gasteiger partial charge on any atom is -1.00 e. The first kappa shape index (κ1) is 37.6. The minimum atomic E-state index is -0.477. The topological polar surface area (TPSA) is 92.7 Å². The van der Waals surface area contributed by atoms with Gasteiger partial charge >= 0.3 is 29.6 Å². The maximum atomic E-state index is 11.6. The van der Waals surface area contributed by atoms with Gasteiger partial charge in [-0.3, -0.25) is 4.79 Å². The van der Waals surface area contributed by atoms with Gasteiger partial charge in [-0.1, -0.05) is 24.3 Å². The number of carbonyl (C=O) groups is 1. The summed E-state index contributed by atoms with van der Waals surface area (Å²) in [5.41, 5.74) is 1.66. The Morgan fingerprint density at radius 3 is 1.63 bits per heavy atom. The number of carbonyl (C=O) groups excluding carboxylic acids is 1. The van der Waals surface area contributed by atoms with Gasteiger partial charge in [-0.25, -0.2) is 0 Å². The molecule has 203 valence electrons. The maximum Gasteiger partial charge on any atom is 1.00 e. The number of rotatable bonds is 14. The van der Waals surface area contributed by atoms with Crippen molar-refractivity contribution in [2.24, 2.45) is 0 Å². The second-order valence-corrected chi connectivity index (χ2v) is 7.58. The Hall–Kier alpha value is -2.59. The second kappa shape index (κ2) is 20.4. The van der Waals surface area contributed by atoms with E-state index in [1.165, 1.54) is 7.11 Å². The fourth-order valence-electron chi connectivity index (χ4n) is 3.60. The van der Waals surface area contributed by atoms with Gasteiger partial charge in [0, 0.05) is 38.8 Å². The Bertz CT molecular complexity index is 1020. The first-order chi connectivity index (χ1) is 17.3. The molecule has 2 aromatic carbocycles. The standard InChI is InChI=1S/C14H20O4.C14H18O4.B.Na.H/c2*1-5-6-11(15)9-10-7-8-12(16-2)14(18-4)13(10)17-3;;;/h5,7-8,11,15H,1,6,9H2,2-4H3;5,7-8H,1,6,9H2,2-4H3;;;/q;;;+1;-1. The Morgan fingerprint density at radius 1 is 0.789 bits per heavy atom. The molecular formula is C28H39BNaO8. The number of benzene rings is 2. The molecule has 10 heteroatoms. The van der Waals surface area contributed by atoms with Crippen molar-refractivity contribution in [1.29, 1.82) is 0 Å². The molecule has 0 saturated heterocycles. The third kappa shape index (κ3) is 10.7. The van der Waals surface area contributed by atoms with E-state index in [0.717, 1.165) is 11.1 Å². The van der Waals surface area contributed by atoms with Crippen LogP contribution in [-0.2, 0) is 17.6 Å². The van der Waals surface area contributed by atoms with E-state index >= 15 is 0 Å². The number of Topliss-reactive ketones (excluding diaryl/α,β-unsaturated/α-hetero) is 1. The number of hydrogen-bond donors (Lipinski definition) is 1. The van der Waals surface area contributed by atoms with E-state index in [2.05, 4.69) is 13.2 Å². The van der Waals surface area contributed by atoms with Crippen LogP contribution in [0.4, 0.5) is 0 Å². The number of ketones is 1. The van der Waals surface area contributed by atoms with Gasteiger partial charge in [0.2, 0.25) is 11.5 Å². The van der Waals surface area contributed by atoms with Crippen LogP contribution < -0.4 is 58.0 Å².